The number of hydrogen-bond donors (Lipinski definition) is 1. The Labute approximate surface area is 187 Å². The Morgan fingerprint density at radius 2 is 1.90 bits per heavy atom. The predicted molar refractivity (Wildman–Crippen MR) is 119 cm³/mol. The molecule has 1 heterocycles. The average molecular weight is 474 g/mol. The second-order valence-corrected chi connectivity index (χ2v) is 9.93. The van der Waals surface area contributed by atoms with Gasteiger partial charge in [-0.15, -0.1) is 0 Å². The van der Waals surface area contributed by atoms with Crippen LogP contribution in [-0.2, 0) is 18.6 Å². The highest BCUT2D eigenvalue weighted by Crippen LogP contribution is 2.63. The van der Waals surface area contributed by atoms with Crippen molar-refractivity contribution < 1.29 is 37.8 Å². The molecular formula is C21H30O8PS. The minimum atomic E-state index is -3.93. The van der Waals surface area contributed by atoms with E-state index in [-0.39, 0.29) is 35.4 Å². The summed E-state index contributed by atoms with van der Waals surface area (Å²) in [4.78, 5) is 47.0. The van der Waals surface area contributed by atoms with Gasteiger partial charge in [0, 0.05) is 12.2 Å². The first-order valence-electron chi connectivity index (χ1n) is 10.5. The largest absolute Gasteiger partial charge is 0.462 e. The van der Waals surface area contributed by atoms with Crippen molar-refractivity contribution in [3.8, 4) is 5.75 Å². The SMILES string of the molecule is CCCCCCCC(=O)SCC1CO[P](O)(C(=O)Oc2ccccc2C(=O)OCC)O1. The molecule has 1 aromatic rings. The van der Waals surface area contributed by atoms with Gasteiger partial charge < -0.3 is 23.4 Å². The molecule has 2 atom stereocenters. The highest BCUT2D eigenvalue weighted by Gasteiger charge is 2.48. The summed E-state index contributed by atoms with van der Waals surface area (Å²) in [6.45, 7) is 3.95. The fourth-order valence-electron chi connectivity index (χ4n) is 2.84. The molecule has 2 rings (SSSR count). The van der Waals surface area contributed by atoms with Crippen molar-refractivity contribution in [3.05, 3.63) is 29.8 Å². The maximum atomic E-state index is 12.5. The van der Waals surface area contributed by atoms with Crippen LogP contribution in [0.25, 0.3) is 0 Å². The molecule has 1 N–H and O–H groups in total. The Bertz CT molecular complexity index is 759. The summed E-state index contributed by atoms with van der Waals surface area (Å²) < 4.78 is 20.8. The van der Waals surface area contributed by atoms with Crippen LogP contribution in [0.3, 0.4) is 0 Å². The van der Waals surface area contributed by atoms with Crippen LogP contribution in [-0.4, -0.2) is 46.8 Å². The van der Waals surface area contributed by atoms with Crippen LogP contribution in [0, 0.1) is 0 Å². The first-order valence-corrected chi connectivity index (χ1v) is 13.0. The lowest BCUT2D eigenvalue weighted by molar-refractivity contribution is -0.111. The predicted octanol–water partition coefficient (Wildman–Crippen LogP) is 5.15. The van der Waals surface area contributed by atoms with Crippen molar-refractivity contribution in [1.82, 2.24) is 0 Å². The molecule has 2 unspecified atom stereocenters. The molecule has 173 valence electrons. The zero-order valence-electron chi connectivity index (χ0n) is 17.9. The number of thioether (sulfide) groups is 1. The third kappa shape index (κ3) is 8.16. The normalized spacial score (nSPS) is 20.4. The fraction of sp³-hybridized carbons (Fsp3) is 0.571. The van der Waals surface area contributed by atoms with E-state index in [4.69, 9.17) is 18.5 Å². The third-order valence-corrected chi connectivity index (χ3v) is 7.15. The zero-order chi connectivity index (χ0) is 22.7. The van der Waals surface area contributed by atoms with E-state index in [1.807, 2.05) is 0 Å². The van der Waals surface area contributed by atoms with Crippen LogP contribution < -0.4 is 4.74 Å². The van der Waals surface area contributed by atoms with Crippen molar-refractivity contribution in [1.29, 1.82) is 0 Å². The molecule has 0 amide bonds. The Hall–Kier alpha value is -1.51. The van der Waals surface area contributed by atoms with Crippen LogP contribution in [0.1, 0.15) is 62.7 Å². The lowest BCUT2D eigenvalue weighted by atomic mass is 10.1. The number of unbranched alkanes of at least 4 members (excludes halogenated alkanes) is 4. The van der Waals surface area contributed by atoms with Crippen molar-refractivity contribution in [2.24, 2.45) is 0 Å². The molecule has 31 heavy (non-hydrogen) atoms. The fourth-order valence-corrected chi connectivity index (χ4v) is 5.14. The molecular weight excluding hydrogens is 443 g/mol. The molecule has 8 nitrogen and oxygen atoms in total. The second kappa shape index (κ2) is 13.1. The van der Waals surface area contributed by atoms with Gasteiger partial charge in [-0.05, 0) is 25.5 Å². The van der Waals surface area contributed by atoms with Gasteiger partial charge in [-0.25, -0.2) is 9.59 Å². The summed E-state index contributed by atoms with van der Waals surface area (Å²) >= 11 is 1.12. The second-order valence-electron chi connectivity index (χ2n) is 6.98. The molecule has 0 bridgehead atoms. The number of carbonyl (C=O) groups is 3. The Morgan fingerprint density at radius 3 is 2.65 bits per heavy atom. The standard InChI is InChI=1S/C21H30O8PS/c1-3-5-6-7-8-13-19(22)31-15-16-14-27-30(25,29-16)21(24)28-18-12-10-9-11-17(18)20(23)26-4-2/h9-12,16,25H,3-8,13-15H2,1-2H3. The smallest absolute Gasteiger partial charge is 0.409 e. The van der Waals surface area contributed by atoms with E-state index < -0.39 is 25.7 Å². The Balaban J connectivity index is 1.82. The molecule has 0 spiro atoms. The number of para-hydroxylation sites is 1. The van der Waals surface area contributed by atoms with Crippen molar-refractivity contribution in [2.75, 3.05) is 19.0 Å². The molecule has 1 aliphatic heterocycles. The molecule has 1 fully saturated rings. The first kappa shape index (κ1) is 25.7. The maximum Gasteiger partial charge on any atom is 0.409 e. The summed E-state index contributed by atoms with van der Waals surface area (Å²) in [6, 6.07) is 6.05. The number of ether oxygens (including phenoxy) is 2. The number of rotatable bonds is 12. The topological polar surface area (TPSA) is 108 Å². The monoisotopic (exact) mass is 473 g/mol. The minimum absolute atomic E-state index is 0.0182. The molecule has 1 saturated heterocycles. The summed E-state index contributed by atoms with van der Waals surface area (Å²) in [5, 5.41) is 0.0554. The van der Waals surface area contributed by atoms with E-state index in [0.717, 1.165) is 37.4 Å². The van der Waals surface area contributed by atoms with E-state index in [9.17, 15) is 19.3 Å². The van der Waals surface area contributed by atoms with Crippen molar-refractivity contribution in [3.63, 3.8) is 0 Å². The highest BCUT2D eigenvalue weighted by atomic mass is 32.2. The Morgan fingerprint density at radius 1 is 1.16 bits per heavy atom. The third-order valence-electron chi connectivity index (χ3n) is 4.45. The van der Waals surface area contributed by atoms with E-state index in [0.29, 0.717) is 6.42 Å². The van der Waals surface area contributed by atoms with Crippen molar-refractivity contribution >= 4 is 36.5 Å². The first-order chi connectivity index (χ1) is 14.9. The van der Waals surface area contributed by atoms with Crippen LogP contribution in [0.2, 0.25) is 0 Å². The van der Waals surface area contributed by atoms with E-state index >= 15 is 0 Å². The van der Waals surface area contributed by atoms with Gasteiger partial charge >= 0.3 is 19.6 Å². The van der Waals surface area contributed by atoms with Gasteiger partial charge in [0.25, 0.3) is 0 Å². The summed E-state index contributed by atoms with van der Waals surface area (Å²) in [5.41, 5.74) is -1.04. The number of benzene rings is 1. The zero-order valence-corrected chi connectivity index (χ0v) is 19.6. The lowest BCUT2D eigenvalue weighted by Crippen LogP contribution is -2.17. The maximum absolute atomic E-state index is 12.5. The number of carbonyl (C=O) groups excluding carboxylic acids is 3. The minimum Gasteiger partial charge on any atom is -0.462 e. The molecule has 10 heteroatoms. The van der Waals surface area contributed by atoms with Gasteiger partial charge in [-0.3, -0.25) is 4.79 Å². The van der Waals surface area contributed by atoms with E-state index in [2.05, 4.69) is 6.92 Å². The van der Waals surface area contributed by atoms with Gasteiger partial charge in [-0.1, -0.05) is 56.5 Å². The number of esters is 1. The summed E-state index contributed by atoms with van der Waals surface area (Å²) in [6.07, 6.45) is 5.26. The van der Waals surface area contributed by atoms with Crippen LogP contribution in [0.5, 0.6) is 5.75 Å². The van der Waals surface area contributed by atoms with Crippen molar-refractivity contribution in [2.45, 2.75) is 58.5 Å². The average Bonchev–Trinajstić information content (AvgIpc) is 3.15. The molecule has 0 aliphatic carbocycles. The van der Waals surface area contributed by atoms with Gasteiger partial charge in [0.1, 0.15) is 11.3 Å². The number of hydrogen-bond acceptors (Lipinski definition) is 9. The van der Waals surface area contributed by atoms with Gasteiger partial charge in [-0.2, -0.15) is 0 Å². The van der Waals surface area contributed by atoms with Crippen LogP contribution in [0.15, 0.2) is 24.3 Å². The van der Waals surface area contributed by atoms with Gasteiger partial charge in [0.05, 0.1) is 19.3 Å². The molecule has 1 radical (unpaired) electrons. The quantitative estimate of drug-likeness (QED) is 0.250. The van der Waals surface area contributed by atoms with Crippen LogP contribution in [0.4, 0.5) is 4.79 Å². The molecule has 0 saturated carbocycles. The molecule has 1 aliphatic rings. The molecule has 0 aromatic heterocycles. The van der Waals surface area contributed by atoms with E-state index in [1.165, 1.54) is 18.6 Å². The van der Waals surface area contributed by atoms with Gasteiger partial charge in [0.2, 0.25) is 0 Å². The van der Waals surface area contributed by atoms with Gasteiger partial charge in [0.15, 0.2) is 5.12 Å². The molecule has 1 aromatic carbocycles. The van der Waals surface area contributed by atoms with Crippen LogP contribution >= 0.6 is 19.7 Å². The van der Waals surface area contributed by atoms with E-state index in [1.54, 1.807) is 19.1 Å². The highest BCUT2D eigenvalue weighted by molar-refractivity contribution is 8.13. The Kier molecular flexibility index (Phi) is 10.9. The summed E-state index contributed by atoms with van der Waals surface area (Å²) in [7, 11) is -3.93. The lowest BCUT2D eigenvalue weighted by Gasteiger charge is -2.20. The summed E-state index contributed by atoms with van der Waals surface area (Å²) in [5.74, 6) is -0.419.